The Bertz CT molecular complexity index is 313. The molecule has 0 aromatic heterocycles. The fourth-order valence-electron chi connectivity index (χ4n) is 1.62. The molecule has 0 bridgehead atoms. The van der Waals surface area contributed by atoms with Crippen LogP contribution < -0.4 is 5.32 Å². The van der Waals surface area contributed by atoms with Gasteiger partial charge in [0.25, 0.3) is 0 Å². The largest absolute Gasteiger partial charge is 0.508 e. The zero-order chi connectivity index (χ0) is 12.7. The highest BCUT2D eigenvalue weighted by atomic mass is 16.5. The van der Waals surface area contributed by atoms with Crippen molar-refractivity contribution in [2.45, 2.75) is 25.5 Å². The fourth-order valence-corrected chi connectivity index (χ4v) is 1.62. The van der Waals surface area contributed by atoms with Gasteiger partial charge >= 0.3 is 0 Å². The van der Waals surface area contributed by atoms with Crippen molar-refractivity contribution in [1.29, 1.82) is 0 Å². The standard InChI is InChI=1S/C13H21NO3/c1-10(11-3-5-12(15)6-4-11)14-8-7-13(16)9-17-2/h3-6,10,13-16H,7-9H2,1-2H3. The Kier molecular flexibility index (Phi) is 5.97. The molecule has 0 saturated heterocycles. The number of phenolic OH excluding ortho intramolecular Hbond substituents is 1. The summed E-state index contributed by atoms with van der Waals surface area (Å²) in [5.74, 6) is 0.275. The number of aliphatic hydroxyl groups is 1. The van der Waals surface area contributed by atoms with E-state index in [4.69, 9.17) is 4.74 Å². The van der Waals surface area contributed by atoms with Gasteiger partial charge in [0.2, 0.25) is 0 Å². The molecule has 1 aromatic carbocycles. The predicted octanol–water partition coefficient (Wildman–Crippen LogP) is 1.44. The lowest BCUT2D eigenvalue weighted by molar-refractivity contribution is 0.0590. The first-order valence-corrected chi connectivity index (χ1v) is 5.82. The smallest absolute Gasteiger partial charge is 0.115 e. The molecule has 96 valence electrons. The maximum absolute atomic E-state index is 9.47. The normalized spacial score (nSPS) is 14.5. The van der Waals surface area contributed by atoms with E-state index in [2.05, 4.69) is 12.2 Å². The van der Waals surface area contributed by atoms with Crippen molar-refractivity contribution < 1.29 is 14.9 Å². The van der Waals surface area contributed by atoms with Gasteiger partial charge in [0.15, 0.2) is 0 Å². The van der Waals surface area contributed by atoms with Crippen molar-refractivity contribution in [2.24, 2.45) is 0 Å². The molecule has 0 aliphatic carbocycles. The number of benzene rings is 1. The maximum atomic E-state index is 9.47. The molecule has 4 heteroatoms. The highest BCUT2D eigenvalue weighted by molar-refractivity contribution is 5.27. The van der Waals surface area contributed by atoms with Crippen LogP contribution in [0.4, 0.5) is 0 Å². The second-order valence-electron chi connectivity index (χ2n) is 4.17. The lowest BCUT2D eigenvalue weighted by atomic mass is 10.1. The van der Waals surface area contributed by atoms with Crippen molar-refractivity contribution in [3.8, 4) is 5.75 Å². The number of methoxy groups -OCH3 is 1. The van der Waals surface area contributed by atoms with Gasteiger partial charge in [-0.15, -0.1) is 0 Å². The summed E-state index contributed by atoms with van der Waals surface area (Å²) in [5, 5.41) is 22.0. The molecular weight excluding hydrogens is 218 g/mol. The van der Waals surface area contributed by atoms with Gasteiger partial charge in [0.05, 0.1) is 12.7 Å². The first kappa shape index (κ1) is 14.0. The van der Waals surface area contributed by atoms with E-state index in [1.807, 2.05) is 12.1 Å². The van der Waals surface area contributed by atoms with Crippen LogP contribution in [0, 0.1) is 0 Å². The van der Waals surface area contributed by atoms with Crippen LogP contribution in [0.3, 0.4) is 0 Å². The van der Waals surface area contributed by atoms with E-state index < -0.39 is 6.10 Å². The number of hydrogen-bond acceptors (Lipinski definition) is 4. The SMILES string of the molecule is COCC(O)CCNC(C)c1ccc(O)cc1. The number of aliphatic hydroxyl groups excluding tert-OH is 1. The molecule has 2 atom stereocenters. The Morgan fingerprint density at radius 1 is 1.29 bits per heavy atom. The van der Waals surface area contributed by atoms with Gasteiger partial charge in [-0.2, -0.15) is 0 Å². The van der Waals surface area contributed by atoms with E-state index in [9.17, 15) is 10.2 Å². The predicted molar refractivity (Wildman–Crippen MR) is 67.0 cm³/mol. The topological polar surface area (TPSA) is 61.7 Å². The average molecular weight is 239 g/mol. The van der Waals surface area contributed by atoms with E-state index >= 15 is 0 Å². The molecule has 2 unspecified atom stereocenters. The molecule has 4 nitrogen and oxygen atoms in total. The van der Waals surface area contributed by atoms with Crippen molar-refractivity contribution in [2.75, 3.05) is 20.3 Å². The fraction of sp³-hybridized carbons (Fsp3) is 0.538. The highest BCUT2D eigenvalue weighted by Gasteiger charge is 2.07. The lowest BCUT2D eigenvalue weighted by Gasteiger charge is -2.16. The highest BCUT2D eigenvalue weighted by Crippen LogP contribution is 2.16. The molecule has 1 aromatic rings. The second kappa shape index (κ2) is 7.27. The molecule has 0 heterocycles. The Morgan fingerprint density at radius 3 is 2.53 bits per heavy atom. The minimum absolute atomic E-state index is 0.199. The van der Waals surface area contributed by atoms with Gasteiger partial charge in [0.1, 0.15) is 5.75 Å². The van der Waals surface area contributed by atoms with Crippen molar-refractivity contribution in [3.63, 3.8) is 0 Å². The molecule has 0 amide bonds. The number of rotatable bonds is 7. The van der Waals surface area contributed by atoms with Crippen LogP contribution in [0.1, 0.15) is 24.9 Å². The molecule has 0 radical (unpaired) electrons. The van der Waals surface area contributed by atoms with Gasteiger partial charge in [0, 0.05) is 13.2 Å². The van der Waals surface area contributed by atoms with Crippen LogP contribution >= 0.6 is 0 Å². The van der Waals surface area contributed by atoms with Crippen molar-refractivity contribution in [3.05, 3.63) is 29.8 Å². The number of ether oxygens (including phenoxy) is 1. The Labute approximate surface area is 102 Å². The second-order valence-corrected chi connectivity index (χ2v) is 4.17. The van der Waals surface area contributed by atoms with Gasteiger partial charge in [-0.1, -0.05) is 12.1 Å². The summed E-state index contributed by atoms with van der Waals surface area (Å²) in [7, 11) is 1.58. The van der Waals surface area contributed by atoms with Gasteiger partial charge in [-0.3, -0.25) is 0 Å². The quantitative estimate of drug-likeness (QED) is 0.674. The number of hydrogen-bond donors (Lipinski definition) is 3. The molecular formula is C13H21NO3. The number of nitrogens with one attached hydrogen (secondary N) is 1. The van der Waals surface area contributed by atoms with Crippen LogP contribution in [-0.4, -0.2) is 36.6 Å². The van der Waals surface area contributed by atoms with Gasteiger partial charge < -0.3 is 20.3 Å². The third-order valence-electron chi connectivity index (χ3n) is 2.68. The van der Waals surface area contributed by atoms with E-state index in [0.717, 1.165) is 12.1 Å². The number of phenols is 1. The summed E-state index contributed by atoms with van der Waals surface area (Å²) in [6.45, 7) is 3.15. The minimum atomic E-state index is -0.417. The third kappa shape index (κ3) is 5.17. The van der Waals surface area contributed by atoms with Crippen molar-refractivity contribution in [1.82, 2.24) is 5.32 Å². The monoisotopic (exact) mass is 239 g/mol. The molecule has 0 aliphatic rings. The van der Waals surface area contributed by atoms with Crippen LogP contribution in [-0.2, 0) is 4.74 Å². The molecule has 17 heavy (non-hydrogen) atoms. The Morgan fingerprint density at radius 2 is 1.94 bits per heavy atom. The summed E-state index contributed by atoms with van der Waals surface area (Å²) in [6.07, 6.45) is 0.246. The summed E-state index contributed by atoms with van der Waals surface area (Å²) < 4.78 is 4.85. The zero-order valence-corrected chi connectivity index (χ0v) is 10.4. The van der Waals surface area contributed by atoms with E-state index in [1.54, 1.807) is 19.2 Å². The van der Waals surface area contributed by atoms with Gasteiger partial charge in [-0.25, -0.2) is 0 Å². The van der Waals surface area contributed by atoms with Crippen molar-refractivity contribution >= 4 is 0 Å². The zero-order valence-electron chi connectivity index (χ0n) is 10.4. The summed E-state index contributed by atoms with van der Waals surface area (Å²) in [5.41, 5.74) is 1.11. The molecule has 0 fully saturated rings. The Balaban J connectivity index is 2.29. The minimum Gasteiger partial charge on any atom is -0.508 e. The van der Waals surface area contributed by atoms with Crippen LogP contribution in [0.2, 0.25) is 0 Å². The molecule has 1 rings (SSSR count). The van der Waals surface area contributed by atoms with Gasteiger partial charge in [-0.05, 0) is 37.6 Å². The lowest BCUT2D eigenvalue weighted by Crippen LogP contribution is -2.25. The van der Waals surface area contributed by atoms with Crippen LogP contribution in [0.5, 0.6) is 5.75 Å². The molecule has 0 aliphatic heterocycles. The first-order valence-electron chi connectivity index (χ1n) is 5.82. The summed E-state index contributed by atoms with van der Waals surface area (Å²) in [4.78, 5) is 0. The molecule has 0 saturated carbocycles. The van der Waals surface area contributed by atoms with E-state index in [1.165, 1.54) is 0 Å². The number of aromatic hydroxyl groups is 1. The van der Waals surface area contributed by atoms with Crippen LogP contribution in [0.25, 0.3) is 0 Å². The van der Waals surface area contributed by atoms with E-state index in [0.29, 0.717) is 13.0 Å². The van der Waals surface area contributed by atoms with E-state index in [-0.39, 0.29) is 11.8 Å². The average Bonchev–Trinajstić information content (AvgIpc) is 2.30. The third-order valence-corrected chi connectivity index (χ3v) is 2.68. The first-order chi connectivity index (χ1) is 8.13. The van der Waals surface area contributed by atoms with Crippen LogP contribution in [0.15, 0.2) is 24.3 Å². The Hall–Kier alpha value is -1.10. The maximum Gasteiger partial charge on any atom is 0.115 e. The summed E-state index contributed by atoms with van der Waals surface area (Å²) in [6, 6.07) is 7.32. The summed E-state index contributed by atoms with van der Waals surface area (Å²) >= 11 is 0. The molecule has 0 spiro atoms. The molecule has 3 N–H and O–H groups in total.